The molecule has 2 heterocycles. The summed E-state index contributed by atoms with van der Waals surface area (Å²) in [7, 11) is 0. The first kappa shape index (κ1) is 22.1. The Kier molecular flexibility index (Phi) is 6.13. The van der Waals surface area contributed by atoms with Crippen molar-refractivity contribution in [2.24, 2.45) is 0 Å². The fraction of sp³-hybridized carbons (Fsp3) is 0.182. The van der Waals surface area contributed by atoms with Crippen LogP contribution in [0.1, 0.15) is 34.1 Å². The summed E-state index contributed by atoms with van der Waals surface area (Å²) in [6, 6.07) is 11.3. The Hall–Kier alpha value is -4.12. The van der Waals surface area contributed by atoms with Crippen LogP contribution in [0.2, 0.25) is 0 Å². The third-order valence-corrected chi connectivity index (χ3v) is 5.71. The van der Waals surface area contributed by atoms with E-state index in [9.17, 15) is 24.5 Å². The molecular weight excluding hydrogens is 448 g/mol. The van der Waals surface area contributed by atoms with Gasteiger partial charge in [-0.15, -0.1) is 11.3 Å². The average molecular weight is 466 g/mol. The minimum absolute atomic E-state index is 0.0328. The van der Waals surface area contributed by atoms with Gasteiger partial charge in [0.1, 0.15) is 11.3 Å². The first-order chi connectivity index (χ1) is 15.9. The van der Waals surface area contributed by atoms with Crippen LogP contribution >= 0.6 is 11.3 Å². The number of nitrogens with zero attached hydrogens (tertiary/aromatic N) is 3. The molecule has 10 nitrogen and oxygen atoms in total. The Bertz CT molecular complexity index is 1250. The number of nitro groups is 1. The van der Waals surface area contributed by atoms with E-state index >= 15 is 0 Å². The fourth-order valence-electron chi connectivity index (χ4n) is 3.42. The quantitative estimate of drug-likeness (QED) is 0.304. The minimum atomic E-state index is -0.776. The Morgan fingerprint density at radius 1 is 1.18 bits per heavy atom. The number of rotatable bonds is 8. The number of anilines is 1. The summed E-state index contributed by atoms with van der Waals surface area (Å²) in [6.07, 6.45) is -0.169. The van der Waals surface area contributed by atoms with Gasteiger partial charge in [-0.1, -0.05) is 6.07 Å². The Morgan fingerprint density at radius 3 is 2.64 bits per heavy atom. The van der Waals surface area contributed by atoms with Gasteiger partial charge in [0.15, 0.2) is 5.13 Å². The van der Waals surface area contributed by atoms with Gasteiger partial charge in [-0.2, -0.15) is 0 Å². The zero-order valence-corrected chi connectivity index (χ0v) is 18.3. The third kappa shape index (κ3) is 4.44. The van der Waals surface area contributed by atoms with Crippen molar-refractivity contribution in [3.05, 3.63) is 69.1 Å². The molecule has 0 bridgehead atoms. The molecule has 11 heteroatoms. The number of benzene rings is 2. The Balaban J connectivity index is 1.37. The maximum Gasteiger partial charge on any atom is 0.282 e. The molecule has 0 saturated heterocycles. The van der Waals surface area contributed by atoms with Gasteiger partial charge in [0.2, 0.25) is 5.91 Å². The topological polar surface area (TPSA) is 132 Å². The molecule has 0 fully saturated rings. The fourth-order valence-corrected chi connectivity index (χ4v) is 4.15. The van der Waals surface area contributed by atoms with Crippen LogP contribution in [0.3, 0.4) is 0 Å². The largest absolute Gasteiger partial charge is 0.494 e. The lowest BCUT2D eigenvalue weighted by Gasteiger charge is -2.12. The highest BCUT2D eigenvalue weighted by Gasteiger charge is 2.40. The number of carbonyl (C=O) groups excluding carboxylic acids is 3. The lowest BCUT2D eigenvalue weighted by Crippen LogP contribution is -2.33. The Morgan fingerprint density at radius 2 is 1.94 bits per heavy atom. The smallest absolute Gasteiger partial charge is 0.282 e. The average Bonchev–Trinajstić information content (AvgIpc) is 3.36. The monoisotopic (exact) mass is 466 g/mol. The van der Waals surface area contributed by atoms with Gasteiger partial charge in [0, 0.05) is 30.0 Å². The summed E-state index contributed by atoms with van der Waals surface area (Å²) in [6.45, 7) is 2.28. The highest BCUT2D eigenvalue weighted by Crippen LogP contribution is 2.31. The van der Waals surface area contributed by atoms with Crippen molar-refractivity contribution >= 4 is 39.9 Å². The third-order valence-electron chi connectivity index (χ3n) is 4.95. The first-order valence-electron chi connectivity index (χ1n) is 10.0. The van der Waals surface area contributed by atoms with E-state index in [4.69, 9.17) is 4.74 Å². The maximum atomic E-state index is 12.6. The molecule has 3 aromatic rings. The molecule has 1 aliphatic rings. The van der Waals surface area contributed by atoms with Gasteiger partial charge >= 0.3 is 0 Å². The van der Waals surface area contributed by atoms with Gasteiger partial charge in [-0.25, -0.2) is 4.98 Å². The van der Waals surface area contributed by atoms with Crippen LogP contribution < -0.4 is 10.1 Å². The lowest BCUT2D eigenvalue weighted by atomic mass is 10.1. The number of nitro benzene ring substituents is 1. The highest BCUT2D eigenvalue weighted by atomic mass is 32.1. The molecule has 0 atom stereocenters. The van der Waals surface area contributed by atoms with Crippen LogP contribution in [0.5, 0.6) is 5.75 Å². The van der Waals surface area contributed by atoms with Crippen molar-refractivity contribution in [1.29, 1.82) is 0 Å². The lowest BCUT2D eigenvalue weighted by molar-refractivity contribution is -0.385. The van der Waals surface area contributed by atoms with E-state index in [0.717, 1.165) is 16.2 Å². The van der Waals surface area contributed by atoms with E-state index in [-0.39, 0.29) is 24.1 Å². The van der Waals surface area contributed by atoms with E-state index in [0.29, 0.717) is 17.4 Å². The summed E-state index contributed by atoms with van der Waals surface area (Å²) in [4.78, 5) is 53.2. The van der Waals surface area contributed by atoms with Crippen molar-refractivity contribution in [2.45, 2.75) is 13.3 Å². The highest BCUT2D eigenvalue weighted by molar-refractivity contribution is 7.14. The molecule has 3 amide bonds. The summed E-state index contributed by atoms with van der Waals surface area (Å²) in [5.41, 5.74) is 0.846. The SMILES string of the molecule is CCOc1ccc(-c2csc(NC(=O)CCN3C(=O)c4cccc([N+](=O)[O-])c4C3=O)n2)cc1. The number of imide groups is 1. The number of amides is 3. The van der Waals surface area contributed by atoms with E-state index < -0.39 is 28.3 Å². The van der Waals surface area contributed by atoms with E-state index in [1.54, 1.807) is 5.38 Å². The second-order valence-electron chi connectivity index (χ2n) is 7.01. The van der Waals surface area contributed by atoms with Crippen LogP contribution in [0.25, 0.3) is 11.3 Å². The van der Waals surface area contributed by atoms with Crippen LogP contribution in [0.4, 0.5) is 10.8 Å². The number of hydrogen-bond donors (Lipinski definition) is 1. The zero-order valence-electron chi connectivity index (χ0n) is 17.4. The summed E-state index contributed by atoms with van der Waals surface area (Å²) in [5.74, 6) is -1.11. The molecule has 1 aliphatic heterocycles. The van der Waals surface area contributed by atoms with Crippen molar-refractivity contribution in [3.63, 3.8) is 0 Å². The summed E-state index contributed by atoms with van der Waals surface area (Å²) < 4.78 is 5.42. The Labute approximate surface area is 192 Å². The van der Waals surface area contributed by atoms with Crippen molar-refractivity contribution in [1.82, 2.24) is 9.88 Å². The first-order valence-corrected chi connectivity index (χ1v) is 10.9. The normalized spacial score (nSPS) is 12.6. The molecule has 0 unspecified atom stereocenters. The molecule has 0 saturated carbocycles. The van der Waals surface area contributed by atoms with Gasteiger partial charge < -0.3 is 10.1 Å². The van der Waals surface area contributed by atoms with Crippen molar-refractivity contribution in [3.8, 4) is 17.0 Å². The molecule has 33 heavy (non-hydrogen) atoms. The number of thiazole rings is 1. The minimum Gasteiger partial charge on any atom is -0.494 e. The predicted molar refractivity (Wildman–Crippen MR) is 120 cm³/mol. The van der Waals surface area contributed by atoms with E-state index in [2.05, 4.69) is 10.3 Å². The molecule has 0 radical (unpaired) electrons. The van der Waals surface area contributed by atoms with Crippen LogP contribution in [0.15, 0.2) is 47.8 Å². The maximum absolute atomic E-state index is 12.6. The molecule has 4 rings (SSSR count). The number of hydrogen-bond acceptors (Lipinski definition) is 8. The van der Waals surface area contributed by atoms with Gasteiger partial charge in [0.25, 0.3) is 17.5 Å². The molecular formula is C22H18N4O6S. The van der Waals surface area contributed by atoms with Crippen LogP contribution in [-0.2, 0) is 4.79 Å². The number of ether oxygens (including phenoxy) is 1. The zero-order chi connectivity index (χ0) is 23.5. The van der Waals surface area contributed by atoms with Crippen LogP contribution in [0, 0.1) is 10.1 Å². The molecule has 0 aliphatic carbocycles. The molecule has 0 spiro atoms. The molecule has 1 N–H and O–H groups in total. The standard InChI is InChI=1S/C22H18N4O6S/c1-2-32-14-8-6-13(7-9-14)16-12-33-22(23-16)24-18(27)10-11-25-20(28)15-4-3-5-17(26(30)31)19(15)21(25)29/h3-9,12H,2,10-11H2,1H3,(H,23,24,27). The predicted octanol–water partition coefficient (Wildman–Crippen LogP) is 3.74. The molecule has 168 valence electrons. The van der Waals surface area contributed by atoms with E-state index in [1.165, 1.54) is 29.5 Å². The number of carbonyl (C=O) groups is 3. The van der Waals surface area contributed by atoms with E-state index in [1.807, 2.05) is 31.2 Å². The number of nitrogens with one attached hydrogen (secondary N) is 1. The second-order valence-corrected chi connectivity index (χ2v) is 7.87. The van der Waals surface area contributed by atoms with Gasteiger partial charge in [-0.3, -0.25) is 29.4 Å². The van der Waals surface area contributed by atoms with Crippen molar-refractivity contribution in [2.75, 3.05) is 18.5 Å². The molecule has 2 aromatic carbocycles. The van der Waals surface area contributed by atoms with Crippen molar-refractivity contribution < 1.29 is 24.0 Å². The van der Waals surface area contributed by atoms with Gasteiger partial charge in [-0.05, 0) is 37.3 Å². The summed E-state index contributed by atoms with van der Waals surface area (Å²) >= 11 is 1.24. The number of fused-ring (bicyclic) bond motifs is 1. The number of aromatic nitrogens is 1. The summed E-state index contributed by atoms with van der Waals surface area (Å²) in [5, 5.41) is 16.0. The second kappa shape index (κ2) is 9.17. The molecule has 1 aromatic heterocycles. The van der Waals surface area contributed by atoms with Gasteiger partial charge in [0.05, 0.1) is 22.8 Å². The van der Waals surface area contributed by atoms with Crippen LogP contribution in [-0.4, -0.2) is 45.7 Å².